The summed E-state index contributed by atoms with van der Waals surface area (Å²) in [5, 5.41) is 9.58. The van der Waals surface area contributed by atoms with Gasteiger partial charge in [-0.25, -0.2) is 9.48 Å². The lowest BCUT2D eigenvalue weighted by molar-refractivity contribution is -0.139. The normalized spacial score (nSPS) is 14.7. The van der Waals surface area contributed by atoms with Crippen LogP contribution in [0.15, 0.2) is 51.2 Å². The molecule has 8 nitrogen and oxygen atoms in total. The smallest absolute Gasteiger partial charge is 0.338 e. The first-order valence-electron chi connectivity index (χ1n) is 12.0. The molecule has 0 spiro atoms. The molecule has 1 unspecified atom stereocenters. The molecule has 2 heterocycles. The van der Waals surface area contributed by atoms with Crippen molar-refractivity contribution in [2.75, 3.05) is 24.8 Å². The van der Waals surface area contributed by atoms with E-state index in [0.29, 0.717) is 61.4 Å². The minimum Gasteiger partial charge on any atom is -0.493 e. The van der Waals surface area contributed by atoms with Crippen LogP contribution in [0.4, 0.5) is 5.95 Å². The van der Waals surface area contributed by atoms with E-state index in [9.17, 15) is 4.79 Å². The fourth-order valence-electron chi connectivity index (χ4n) is 3.99. The van der Waals surface area contributed by atoms with E-state index in [1.807, 2.05) is 39.0 Å². The molecule has 0 aliphatic carbocycles. The van der Waals surface area contributed by atoms with Crippen molar-refractivity contribution in [1.29, 1.82) is 0 Å². The highest BCUT2D eigenvalue weighted by atomic mass is 79.9. The molecule has 1 N–H and O–H groups in total. The SMILES string of the molecule is CCCOC(=O)C1=C(C)Nc2nc(SCC)nn2C1c1cc(Br)c(OCc2ccc(Cl)cc2Cl)c(OC)c1. The van der Waals surface area contributed by atoms with Gasteiger partial charge in [-0.05, 0) is 64.9 Å². The van der Waals surface area contributed by atoms with Crippen LogP contribution in [0.25, 0.3) is 0 Å². The molecule has 2 aromatic carbocycles. The number of anilines is 1. The molecule has 1 atom stereocenters. The zero-order valence-electron chi connectivity index (χ0n) is 21.3. The van der Waals surface area contributed by atoms with Gasteiger partial charge < -0.3 is 19.5 Å². The third-order valence-electron chi connectivity index (χ3n) is 5.72. The number of carbonyl (C=O) groups excluding carboxylic acids is 1. The molecule has 3 aromatic rings. The Morgan fingerprint density at radius 2 is 2.03 bits per heavy atom. The topological polar surface area (TPSA) is 87.5 Å². The Morgan fingerprint density at radius 1 is 1.24 bits per heavy atom. The molecule has 1 aliphatic rings. The van der Waals surface area contributed by atoms with E-state index >= 15 is 0 Å². The van der Waals surface area contributed by atoms with Crippen molar-refractivity contribution < 1.29 is 19.0 Å². The lowest BCUT2D eigenvalue weighted by atomic mass is 9.95. The van der Waals surface area contributed by atoms with Crippen LogP contribution in [0.2, 0.25) is 10.0 Å². The highest BCUT2D eigenvalue weighted by Gasteiger charge is 2.36. The third-order valence-corrected chi connectivity index (χ3v) is 7.61. The number of allylic oxidation sites excluding steroid dienone is 1. The quantitative estimate of drug-likeness (QED) is 0.182. The summed E-state index contributed by atoms with van der Waals surface area (Å²) in [5.41, 5.74) is 2.62. The minimum absolute atomic E-state index is 0.204. The lowest BCUT2D eigenvalue weighted by Gasteiger charge is -2.28. The Balaban J connectivity index is 1.75. The standard InChI is InChI=1S/C26H27BrCl2N4O4S/c1-5-9-36-24(34)21-14(3)30-25-31-26(38-6-2)32-33(25)22(21)16-10-18(27)23(20(11-16)35-4)37-13-15-7-8-17(28)12-19(15)29/h7-8,10-12,22H,5-6,9,13H2,1-4H3,(H,30,31,32). The van der Waals surface area contributed by atoms with Gasteiger partial charge in [-0.3, -0.25) is 0 Å². The Kier molecular flexibility index (Phi) is 9.51. The number of esters is 1. The second kappa shape index (κ2) is 12.6. The van der Waals surface area contributed by atoms with Gasteiger partial charge in [-0.1, -0.05) is 54.9 Å². The molecule has 4 rings (SSSR count). The first kappa shape index (κ1) is 28.6. The van der Waals surface area contributed by atoms with Crippen molar-refractivity contribution >= 4 is 62.8 Å². The van der Waals surface area contributed by atoms with Gasteiger partial charge in [-0.15, -0.1) is 5.10 Å². The Bertz CT molecular complexity index is 1380. The monoisotopic (exact) mass is 640 g/mol. The van der Waals surface area contributed by atoms with E-state index in [0.717, 1.165) is 16.9 Å². The predicted octanol–water partition coefficient (Wildman–Crippen LogP) is 7.29. The average Bonchev–Trinajstić information content (AvgIpc) is 3.28. The first-order valence-corrected chi connectivity index (χ1v) is 14.5. The number of nitrogens with zero attached hydrogens (tertiary/aromatic N) is 3. The van der Waals surface area contributed by atoms with Crippen molar-refractivity contribution in [1.82, 2.24) is 14.8 Å². The van der Waals surface area contributed by atoms with Gasteiger partial charge in [0.1, 0.15) is 12.6 Å². The van der Waals surface area contributed by atoms with Gasteiger partial charge in [0.15, 0.2) is 11.5 Å². The third kappa shape index (κ3) is 6.09. The van der Waals surface area contributed by atoms with Crippen LogP contribution < -0.4 is 14.8 Å². The summed E-state index contributed by atoms with van der Waals surface area (Å²) in [4.78, 5) is 17.8. The summed E-state index contributed by atoms with van der Waals surface area (Å²) in [6, 6.07) is 8.36. The van der Waals surface area contributed by atoms with Crippen LogP contribution in [0.5, 0.6) is 11.5 Å². The van der Waals surface area contributed by atoms with Gasteiger partial charge in [0, 0.05) is 21.3 Å². The molecule has 0 fully saturated rings. The van der Waals surface area contributed by atoms with Crippen molar-refractivity contribution in [3.8, 4) is 11.5 Å². The molecular formula is C26H27BrCl2N4O4S. The molecule has 1 aromatic heterocycles. The van der Waals surface area contributed by atoms with Gasteiger partial charge in [-0.2, -0.15) is 4.98 Å². The summed E-state index contributed by atoms with van der Waals surface area (Å²) >= 11 is 17.5. The molecule has 0 saturated heterocycles. The number of methoxy groups -OCH3 is 1. The molecule has 12 heteroatoms. The zero-order valence-corrected chi connectivity index (χ0v) is 25.2. The van der Waals surface area contributed by atoms with Crippen molar-refractivity contribution in [3.63, 3.8) is 0 Å². The maximum absolute atomic E-state index is 13.2. The molecule has 0 saturated carbocycles. The number of halogens is 3. The highest BCUT2D eigenvalue weighted by molar-refractivity contribution is 9.10. The number of rotatable bonds is 10. The number of ether oxygens (including phenoxy) is 3. The fourth-order valence-corrected chi connectivity index (χ4v) is 5.59. The fraction of sp³-hybridized carbons (Fsp3) is 0.346. The number of fused-ring (bicyclic) bond motifs is 1. The first-order chi connectivity index (χ1) is 18.3. The summed E-state index contributed by atoms with van der Waals surface area (Å²) in [5.74, 6) is 1.91. The maximum Gasteiger partial charge on any atom is 0.338 e. The van der Waals surface area contributed by atoms with Crippen LogP contribution in [0, 0.1) is 0 Å². The lowest BCUT2D eigenvalue weighted by Crippen LogP contribution is -2.30. The van der Waals surface area contributed by atoms with Crippen LogP contribution >= 0.6 is 50.9 Å². The number of benzene rings is 2. The van der Waals surface area contributed by atoms with Crippen LogP contribution in [0.1, 0.15) is 44.4 Å². The van der Waals surface area contributed by atoms with E-state index in [-0.39, 0.29) is 6.61 Å². The molecule has 0 bridgehead atoms. The number of hydrogen-bond acceptors (Lipinski definition) is 8. The number of carbonyl (C=O) groups is 1. The van der Waals surface area contributed by atoms with E-state index < -0.39 is 12.0 Å². The second-order valence-corrected chi connectivity index (χ2v) is 11.3. The van der Waals surface area contributed by atoms with Gasteiger partial charge >= 0.3 is 5.97 Å². The van der Waals surface area contributed by atoms with Gasteiger partial charge in [0.25, 0.3) is 0 Å². The molecule has 202 valence electrons. The Morgan fingerprint density at radius 3 is 2.71 bits per heavy atom. The van der Waals surface area contributed by atoms with Crippen LogP contribution in [-0.4, -0.2) is 40.2 Å². The zero-order chi connectivity index (χ0) is 27.4. The van der Waals surface area contributed by atoms with Gasteiger partial charge in [0.2, 0.25) is 11.1 Å². The van der Waals surface area contributed by atoms with Crippen molar-refractivity contribution in [3.05, 3.63) is 67.2 Å². The van der Waals surface area contributed by atoms with Crippen molar-refractivity contribution in [2.45, 2.75) is 45.0 Å². The molecule has 0 amide bonds. The molecule has 38 heavy (non-hydrogen) atoms. The average molecular weight is 642 g/mol. The summed E-state index contributed by atoms with van der Waals surface area (Å²) < 4.78 is 19.7. The number of nitrogens with one attached hydrogen (secondary N) is 1. The Hall–Kier alpha value is -2.40. The minimum atomic E-state index is -0.598. The summed E-state index contributed by atoms with van der Waals surface area (Å²) in [6.07, 6.45) is 0.713. The second-order valence-electron chi connectivity index (χ2n) is 8.36. The molecular weight excluding hydrogens is 615 g/mol. The number of hydrogen-bond donors (Lipinski definition) is 1. The maximum atomic E-state index is 13.2. The summed E-state index contributed by atoms with van der Waals surface area (Å²) in [7, 11) is 1.56. The van der Waals surface area contributed by atoms with Crippen LogP contribution in [0.3, 0.4) is 0 Å². The van der Waals surface area contributed by atoms with E-state index in [1.54, 1.807) is 23.9 Å². The largest absolute Gasteiger partial charge is 0.493 e. The highest BCUT2D eigenvalue weighted by Crippen LogP contribution is 2.43. The summed E-state index contributed by atoms with van der Waals surface area (Å²) in [6.45, 7) is 6.34. The van der Waals surface area contributed by atoms with Crippen LogP contribution in [-0.2, 0) is 16.1 Å². The van der Waals surface area contributed by atoms with E-state index in [2.05, 4.69) is 26.2 Å². The van der Waals surface area contributed by atoms with E-state index in [1.165, 1.54) is 11.8 Å². The molecule has 1 aliphatic heterocycles. The molecule has 0 radical (unpaired) electrons. The number of aromatic nitrogens is 3. The predicted molar refractivity (Wildman–Crippen MR) is 154 cm³/mol. The van der Waals surface area contributed by atoms with Crippen molar-refractivity contribution in [2.24, 2.45) is 0 Å². The number of thioether (sulfide) groups is 1. The van der Waals surface area contributed by atoms with E-state index in [4.69, 9.17) is 42.5 Å². The Labute approximate surface area is 244 Å². The van der Waals surface area contributed by atoms with Gasteiger partial charge in [0.05, 0.1) is 23.8 Å².